The lowest BCUT2D eigenvalue weighted by Gasteiger charge is -2.05. The predicted molar refractivity (Wildman–Crippen MR) is 84.8 cm³/mol. The van der Waals surface area contributed by atoms with E-state index in [-0.39, 0.29) is 5.56 Å². The van der Waals surface area contributed by atoms with Gasteiger partial charge in [-0.15, -0.1) is 23.1 Å². The molecule has 0 radical (unpaired) electrons. The number of benzene rings is 1. The molecule has 20 heavy (non-hydrogen) atoms. The maximum atomic E-state index is 11.9. The van der Waals surface area contributed by atoms with E-state index in [2.05, 4.69) is 4.98 Å². The molecule has 0 bridgehead atoms. The summed E-state index contributed by atoms with van der Waals surface area (Å²) < 4.78 is 1.53. The molecular weight excluding hydrogens is 314 g/mol. The van der Waals surface area contributed by atoms with Gasteiger partial charge >= 0.3 is 0 Å². The Kier molecular flexibility index (Phi) is 3.69. The molecule has 3 aromatic rings. The predicted octanol–water partition coefficient (Wildman–Crippen LogP) is 3.28. The third-order valence-corrected chi connectivity index (χ3v) is 4.80. The molecule has 3 rings (SSSR count). The zero-order valence-corrected chi connectivity index (χ0v) is 12.6. The maximum Gasteiger partial charge on any atom is 0.258 e. The van der Waals surface area contributed by atoms with E-state index in [1.807, 2.05) is 11.4 Å². The van der Waals surface area contributed by atoms with Crippen LogP contribution in [0.2, 0.25) is 5.02 Å². The van der Waals surface area contributed by atoms with Crippen LogP contribution < -0.4 is 11.3 Å². The van der Waals surface area contributed by atoms with E-state index in [9.17, 15) is 4.79 Å². The smallest absolute Gasteiger partial charge is 0.258 e. The quantitative estimate of drug-likeness (QED) is 0.593. The molecule has 0 unspecified atom stereocenters. The molecule has 4 nitrogen and oxygen atoms in total. The Hall–Kier alpha value is -1.50. The van der Waals surface area contributed by atoms with Crippen LogP contribution in [-0.4, -0.2) is 9.38 Å². The van der Waals surface area contributed by atoms with Crippen molar-refractivity contribution in [1.29, 1.82) is 0 Å². The van der Waals surface area contributed by atoms with Gasteiger partial charge in [-0.05, 0) is 18.2 Å². The highest BCUT2D eigenvalue weighted by Crippen LogP contribution is 2.30. The Morgan fingerprint density at radius 1 is 1.40 bits per heavy atom. The van der Waals surface area contributed by atoms with Crippen LogP contribution in [-0.2, 0) is 5.75 Å². The molecule has 2 heterocycles. The lowest BCUT2D eigenvalue weighted by atomic mass is 10.3. The average molecular weight is 324 g/mol. The first-order chi connectivity index (χ1) is 9.63. The Morgan fingerprint density at radius 3 is 3.10 bits per heavy atom. The largest absolute Gasteiger partial charge is 0.398 e. The standard InChI is InChI=1S/C13H10ClN3OS2/c14-8-1-2-10(15)11(5-8)20-7-9-6-12(18)17-3-4-19-13(17)16-9/h1-6H,7,15H2. The summed E-state index contributed by atoms with van der Waals surface area (Å²) >= 11 is 8.91. The summed E-state index contributed by atoms with van der Waals surface area (Å²) in [5.74, 6) is 0.578. The van der Waals surface area contributed by atoms with Crippen LogP contribution in [0.1, 0.15) is 5.69 Å². The number of nitrogens with two attached hydrogens (primary N) is 1. The summed E-state index contributed by atoms with van der Waals surface area (Å²) in [6.07, 6.45) is 1.72. The summed E-state index contributed by atoms with van der Waals surface area (Å²) in [4.78, 5) is 17.9. The first-order valence-corrected chi connectivity index (χ1v) is 8.01. The second-order valence-electron chi connectivity index (χ2n) is 4.11. The number of halogens is 1. The van der Waals surface area contributed by atoms with Crippen molar-refractivity contribution < 1.29 is 0 Å². The van der Waals surface area contributed by atoms with Gasteiger partial charge in [-0.25, -0.2) is 4.98 Å². The zero-order valence-electron chi connectivity index (χ0n) is 10.2. The molecule has 2 N–H and O–H groups in total. The van der Waals surface area contributed by atoms with Gasteiger partial charge < -0.3 is 5.73 Å². The van der Waals surface area contributed by atoms with Crippen LogP contribution in [0.4, 0.5) is 5.69 Å². The Labute approximate surface area is 128 Å². The molecule has 2 aromatic heterocycles. The van der Waals surface area contributed by atoms with Crippen molar-refractivity contribution in [3.05, 3.63) is 56.9 Å². The van der Waals surface area contributed by atoms with Crippen molar-refractivity contribution in [2.24, 2.45) is 0 Å². The van der Waals surface area contributed by atoms with Crippen molar-refractivity contribution in [2.75, 3.05) is 5.73 Å². The molecule has 0 aliphatic carbocycles. The Morgan fingerprint density at radius 2 is 2.25 bits per heavy atom. The van der Waals surface area contributed by atoms with Crippen LogP contribution in [0.3, 0.4) is 0 Å². The molecule has 0 atom stereocenters. The number of nitrogen functional groups attached to an aromatic ring is 1. The van der Waals surface area contributed by atoms with Gasteiger partial charge in [-0.2, -0.15) is 0 Å². The third kappa shape index (κ3) is 2.67. The van der Waals surface area contributed by atoms with Crippen molar-refractivity contribution in [2.45, 2.75) is 10.6 Å². The highest BCUT2D eigenvalue weighted by Gasteiger charge is 2.06. The maximum absolute atomic E-state index is 11.9. The molecule has 0 saturated heterocycles. The van der Waals surface area contributed by atoms with Gasteiger partial charge in [0.1, 0.15) is 0 Å². The molecule has 1 aromatic carbocycles. The van der Waals surface area contributed by atoms with Crippen molar-refractivity contribution >= 4 is 45.3 Å². The monoisotopic (exact) mass is 323 g/mol. The minimum absolute atomic E-state index is 0.0640. The molecular formula is C13H10ClN3OS2. The van der Waals surface area contributed by atoms with Crippen LogP contribution >= 0.6 is 34.7 Å². The number of nitrogens with zero attached hydrogens (tertiary/aromatic N) is 2. The average Bonchev–Trinajstić information content (AvgIpc) is 2.89. The van der Waals surface area contributed by atoms with E-state index in [4.69, 9.17) is 17.3 Å². The van der Waals surface area contributed by atoms with Gasteiger partial charge in [-0.1, -0.05) is 11.6 Å². The Balaban J connectivity index is 1.86. The van der Waals surface area contributed by atoms with E-state index in [0.717, 1.165) is 10.6 Å². The van der Waals surface area contributed by atoms with Crippen molar-refractivity contribution in [1.82, 2.24) is 9.38 Å². The molecule has 0 aliphatic heterocycles. The molecule has 0 saturated carbocycles. The Bertz CT molecular complexity index is 828. The number of anilines is 1. The van der Waals surface area contributed by atoms with E-state index < -0.39 is 0 Å². The molecule has 0 spiro atoms. The van der Waals surface area contributed by atoms with Gasteiger partial charge in [0.15, 0.2) is 4.96 Å². The number of rotatable bonds is 3. The number of hydrogen-bond donors (Lipinski definition) is 1. The number of thiazole rings is 1. The molecule has 0 amide bonds. The number of thioether (sulfide) groups is 1. The molecule has 0 fully saturated rings. The first kappa shape index (κ1) is 13.5. The van der Waals surface area contributed by atoms with Crippen molar-refractivity contribution in [3.63, 3.8) is 0 Å². The minimum Gasteiger partial charge on any atom is -0.398 e. The van der Waals surface area contributed by atoms with Gasteiger partial charge in [0.2, 0.25) is 0 Å². The lowest BCUT2D eigenvalue weighted by Crippen LogP contribution is -2.12. The number of aromatic nitrogens is 2. The van der Waals surface area contributed by atoms with Crippen LogP contribution in [0.5, 0.6) is 0 Å². The number of hydrogen-bond acceptors (Lipinski definition) is 5. The van der Waals surface area contributed by atoms with Crippen LogP contribution in [0.15, 0.2) is 45.5 Å². The molecule has 0 aliphatic rings. The SMILES string of the molecule is Nc1ccc(Cl)cc1SCc1cc(=O)n2ccsc2n1. The summed E-state index contributed by atoms with van der Waals surface area (Å²) in [6.45, 7) is 0. The third-order valence-electron chi connectivity index (χ3n) is 2.71. The van der Waals surface area contributed by atoms with Gasteiger partial charge in [-0.3, -0.25) is 9.20 Å². The fourth-order valence-corrected chi connectivity index (χ4v) is 3.62. The topological polar surface area (TPSA) is 60.4 Å². The highest BCUT2D eigenvalue weighted by atomic mass is 35.5. The first-order valence-electron chi connectivity index (χ1n) is 5.77. The zero-order chi connectivity index (χ0) is 14.1. The highest BCUT2D eigenvalue weighted by molar-refractivity contribution is 7.98. The van der Waals surface area contributed by atoms with Gasteiger partial charge in [0.25, 0.3) is 5.56 Å². The lowest BCUT2D eigenvalue weighted by molar-refractivity contribution is 1.04. The van der Waals surface area contributed by atoms with Gasteiger partial charge in [0, 0.05) is 39.0 Å². The summed E-state index contributed by atoms with van der Waals surface area (Å²) in [5, 5.41) is 2.48. The number of fused-ring (bicyclic) bond motifs is 1. The van der Waals surface area contributed by atoms with E-state index >= 15 is 0 Å². The summed E-state index contributed by atoms with van der Waals surface area (Å²) in [5.41, 5.74) is 7.24. The second kappa shape index (κ2) is 5.47. The fourth-order valence-electron chi connectivity index (χ4n) is 1.75. The van der Waals surface area contributed by atoms with E-state index in [1.165, 1.54) is 27.5 Å². The fraction of sp³-hybridized carbons (Fsp3) is 0.0769. The van der Waals surface area contributed by atoms with Crippen molar-refractivity contribution in [3.8, 4) is 0 Å². The van der Waals surface area contributed by atoms with E-state index in [1.54, 1.807) is 24.4 Å². The van der Waals surface area contributed by atoms with E-state index in [0.29, 0.717) is 21.4 Å². The second-order valence-corrected chi connectivity index (χ2v) is 6.44. The molecule has 7 heteroatoms. The minimum atomic E-state index is -0.0640. The normalized spacial score (nSPS) is 11.1. The van der Waals surface area contributed by atoms with Crippen LogP contribution in [0.25, 0.3) is 4.96 Å². The van der Waals surface area contributed by atoms with Gasteiger partial charge in [0.05, 0.1) is 5.69 Å². The summed E-state index contributed by atoms with van der Waals surface area (Å²) in [6, 6.07) is 6.89. The molecule has 102 valence electrons. The van der Waals surface area contributed by atoms with Crippen LogP contribution in [0, 0.1) is 0 Å². The summed E-state index contributed by atoms with van der Waals surface area (Å²) in [7, 11) is 0.